The van der Waals surface area contributed by atoms with Gasteiger partial charge in [0.25, 0.3) is 0 Å². The Hall–Kier alpha value is -2.90. The van der Waals surface area contributed by atoms with Crippen LogP contribution in [-0.2, 0) is 29.9 Å². The van der Waals surface area contributed by atoms with E-state index in [1.54, 1.807) is 53.3 Å². The molecule has 0 bridgehead atoms. The van der Waals surface area contributed by atoms with E-state index in [1.165, 1.54) is 0 Å². The molecule has 6 nitrogen and oxygen atoms in total. The number of sulfone groups is 1. The van der Waals surface area contributed by atoms with Gasteiger partial charge in [0.2, 0.25) is 9.84 Å². The molecule has 2 aromatic heterocycles. The summed E-state index contributed by atoms with van der Waals surface area (Å²) in [6.45, 7) is 1.52. The largest absolute Gasteiger partial charge is 0.460 e. The van der Waals surface area contributed by atoms with Crippen molar-refractivity contribution >= 4 is 20.8 Å². The third-order valence-electron chi connectivity index (χ3n) is 5.16. The van der Waals surface area contributed by atoms with E-state index in [4.69, 9.17) is 4.42 Å². The standard InChI is InChI=1S/C21H19N3O3S/c1-24-13-14(11-23-24)17-9-16(28(25,26)15-5-3-2-4-6-15)10-18-19-12-22-8-7-20(19)27-21(17)18/h2-6,9-11,13,22H,7-8,12H2,1H3. The van der Waals surface area contributed by atoms with Crippen molar-refractivity contribution in [3.05, 3.63) is 66.2 Å². The molecule has 0 radical (unpaired) electrons. The number of nitrogens with one attached hydrogen (secondary N) is 1. The Kier molecular flexibility index (Phi) is 3.89. The minimum absolute atomic E-state index is 0.263. The molecule has 0 saturated carbocycles. The average molecular weight is 393 g/mol. The highest BCUT2D eigenvalue weighted by molar-refractivity contribution is 7.91. The van der Waals surface area contributed by atoms with Gasteiger partial charge in [-0.25, -0.2) is 8.42 Å². The molecule has 0 aliphatic carbocycles. The number of aromatic nitrogens is 2. The molecular weight excluding hydrogens is 374 g/mol. The molecule has 0 fully saturated rings. The third-order valence-corrected chi connectivity index (χ3v) is 6.91. The Morgan fingerprint density at radius 3 is 2.71 bits per heavy atom. The molecule has 0 atom stereocenters. The molecule has 1 N–H and O–H groups in total. The topological polar surface area (TPSA) is 77.1 Å². The van der Waals surface area contributed by atoms with Gasteiger partial charge in [0.05, 0.1) is 16.0 Å². The van der Waals surface area contributed by atoms with E-state index < -0.39 is 9.84 Å². The molecule has 5 rings (SSSR count). The average Bonchev–Trinajstić information content (AvgIpc) is 3.31. The fraction of sp³-hybridized carbons (Fsp3) is 0.190. The van der Waals surface area contributed by atoms with E-state index >= 15 is 0 Å². The maximum atomic E-state index is 13.3. The van der Waals surface area contributed by atoms with Crippen LogP contribution in [0.15, 0.2) is 69.1 Å². The Labute approximate surface area is 162 Å². The van der Waals surface area contributed by atoms with E-state index in [9.17, 15) is 8.42 Å². The Morgan fingerprint density at radius 1 is 1.14 bits per heavy atom. The highest BCUT2D eigenvalue weighted by Gasteiger charge is 2.25. The third kappa shape index (κ3) is 2.66. The van der Waals surface area contributed by atoms with Crippen LogP contribution in [-0.4, -0.2) is 24.7 Å². The molecule has 4 aromatic rings. The van der Waals surface area contributed by atoms with Gasteiger partial charge in [-0.3, -0.25) is 4.68 Å². The summed E-state index contributed by atoms with van der Waals surface area (Å²) in [7, 11) is -1.81. The molecule has 0 unspecified atom stereocenters. The van der Waals surface area contributed by atoms with Gasteiger partial charge in [-0.1, -0.05) is 18.2 Å². The van der Waals surface area contributed by atoms with Crippen molar-refractivity contribution in [1.29, 1.82) is 0 Å². The Balaban J connectivity index is 1.81. The summed E-state index contributed by atoms with van der Waals surface area (Å²) in [6.07, 6.45) is 4.39. The fourth-order valence-electron chi connectivity index (χ4n) is 3.75. The van der Waals surface area contributed by atoms with Crippen molar-refractivity contribution in [2.75, 3.05) is 6.54 Å². The van der Waals surface area contributed by atoms with E-state index in [1.807, 2.05) is 13.2 Å². The number of rotatable bonds is 3. The predicted molar refractivity (Wildman–Crippen MR) is 106 cm³/mol. The number of hydrogen-bond acceptors (Lipinski definition) is 5. The zero-order valence-corrected chi connectivity index (χ0v) is 16.2. The van der Waals surface area contributed by atoms with Gasteiger partial charge in [-0.15, -0.1) is 0 Å². The van der Waals surface area contributed by atoms with Crippen LogP contribution in [0, 0.1) is 0 Å². The SMILES string of the molecule is Cn1cc(-c2cc(S(=O)(=O)c3ccccc3)cc3c4c(oc23)CCNC4)cn1. The van der Waals surface area contributed by atoms with Crippen molar-refractivity contribution in [2.24, 2.45) is 7.05 Å². The number of benzene rings is 2. The molecular formula is C21H19N3O3S. The quantitative estimate of drug-likeness (QED) is 0.578. The van der Waals surface area contributed by atoms with Crippen LogP contribution < -0.4 is 5.32 Å². The second-order valence-corrected chi connectivity index (χ2v) is 8.95. The molecule has 28 heavy (non-hydrogen) atoms. The zero-order chi connectivity index (χ0) is 19.3. The molecule has 0 spiro atoms. The Bertz CT molecular complexity index is 1290. The minimum Gasteiger partial charge on any atom is -0.460 e. The molecule has 0 saturated heterocycles. The summed E-state index contributed by atoms with van der Waals surface area (Å²) in [5.74, 6) is 0.924. The summed E-state index contributed by atoms with van der Waals surface area (Å²) in [5, 5.41) is 8.44. The number of fused-ring (bicyclic) bond motifs is 3. The number of hydrogen-bond donors (Lipinski definition) is 1. The first-order chi connectivity index (χ1) is 13.5. The summed E-state index contributed by atoms with van der Waals surface area (Å²) in [4.78, 5) is 0.543. The summed E-state index contributed by atoms with van der Waals surface area (Å²) < 4.78 is 34.5. The van der Waals surface area contributed by atoms with Crippen LogP contribution in [0.4, 0.5) is 0 Å². The van der Waals surface area contributed by atoms with E-state index in [2.05, 4.69) is 10.4 Å². The number of nitrogens with zero attached hydrogens (tertiary/aromatic N) is 2. The van der Waals surface area contributed by atoms with Gasteiger partial charge in [-0.05, 0) is 24.3 Å². The normalized spacial score (nSPS) is 14.3. The van der Waals surface area contributed by atoms with Crippen molar-refractivity contribution < 1.29 is 12.8 Å². The lowest BCUT2D eigenvalue weighted by Crippen LogP contribution is -2.22. The molecule has 3 heterocycles. The van der Waals surface area contributed by atoms with Crippen molar-refractivity contribution in [2.45, 2.75) is 22.8 Å². The summed E-state index contributed by atoms with van der Waals surface area (Å²) >= 11 is 0. The molecule has 1 aliphatic rings. The number of furan rings is 1. The molecule has 142 valence electrons. The van der Waals surface area contributed by atoms with Crippen molar-refractivity contribution in [3.63, 3.8) is 0 Å². The van der Waals surface area contributed by atoms with Crippen LogP contribution in [0.5, 0.6) is 0 Å². The number of aryl methyl sites for hydroxylation is 1. The van der Waals surface area contributed by atoms with Gasteiger partial charge < -0.3 is 9.73 Å². The lowest BCUT2D eigenvalue weighted by atomic mass is 10.0. The van der Waals surface area contributed by atoms with Crippen LogP contribution in [0.2, 0.25) is 0 Å². The smallest absolute Gasteiger partial charge is 0.206 e. The molecule has 7 heteroatoms. The first kappa shape index (κ1) is 17.2. The van der Waals surface area contributed by atoms with Gasteiger partial charge in [0.15, 0.2) is 0 Å². The van der Waals surface area contributed by atoms with Crippen molar-refractivity contribution in [1.82, 2.24) is 15.1 Å². The molecule has 2 aromatic carbocycles. The van der Waals surface area contributed by atoms with E-state index in [-0.39, 0.29) is 9.79 Å². The van der Waals surface area contributed by atoms with Gasteiger partial charge in [0.1, 0.15) is 11.3 Å². The minimum atomic E-state index is -3.65. The fourth-order valence-corrected chi connectivity index (χ4v) is 5.08. The molecule has 1 aliphatic heterocycles. The highest BCUT2D eigenvalue weighted by Crippen LogP contribution is 2.38. The second kappa shape index (κ2) is 6.32. The van der Waals surface area contributed by atoms with E-state index in [0.717, 1.165) is 40.8 Å². The lowest BCUT2D eigenvalue weighted by Gasteiger charge is -2.11. The monoisotopic (exact) mass is 393 g/mol. The van der Waals surface area contributed by atoms with Crippen LogP contribution in [0.1, 0.15) is 11.3 Å². The lowest BCUT2D eigenvalue weighted by molar-refractivity contribution is 0.501. The van der Waals surface area contributed by atoms with Gasteiger partial charge in [-0.2, -0.15) is 5.10 Å². The zero-order valence-electron chi connectivity index (χ0n) is 15.3. The summed E-state index contributed by atoms with van der Waals surface area (Å²) in [6, 6.07) is 12.0. The second-order valence-electron chi connectivity index (χ2n) is 7.00. The first-order valence-corrected chi connectivity index (χ1v) is 10.6. The van der Waals surface area contributed by atoms with Crippen LogP contribution >= 0.6 is 0 Å². The van der Waals surface area contributed by atoms with Gasteiger partial charge >= 0.3 is 0 Å². The molecule has 0 amide bonds. The van der Waals surface area contributed by atoms with Gasteiger partial charge in [0, 0.05) is 54.8 Å². The maximum absolute atomic E-state index is 13.3. The predicted octanol–water partition coefficient (Wildman–Crippen LogP) is 3.31. The highest BCUT2D eigenvalue weighted by atomic mass is 32.2. The maximum Gasteiger partial charge on any atom is 0.206 e. The van der Waals surface area contributed by atoms with Crippen LogP contribution in [0.3, 0.4) is 0 Å². The first-order valence-electron chi connectivity index (χ1n) is 9.12. The summed E-state index contributed by atoms with van der Waals surface area (Å²) in [5.41, 5.74) is 3.33. The Morgan fingerprint density at radius 2 is 1.96 bits per heavy atom. The van der Waals surface area contributed by atoms with E-state index in [0.29, 0.717) is 12.1 Å². The van der Waals surface area contributed by atoms with Crippen LogP contribution in [0.25, 0.3) is 22.1 Å². The van der Waals surface area contributed by atoms with Crippen molar-refractivity contribution in [3.8, 4) is 11.1 Å².